The zero-order valence-electron chi connectivity index (χ0n) is 15.5. The number of H-pyrrole nitrogens is 1. The number of fused-ring (bicyclic) bond motifs is 1. The van der Waals surface area contributed by atoms with Crippen molar-refractivity contribution in [1.82, 2.24) is 15.0 Å². The molecule has 146 valence electrons. The molecule has 2 aromatic heterocycles. The van der Waals surface area contributed by atoms with Crippen molar-refractivity contribution in [2.24, 2.45) is 5.90 Å². The van der Waals surface area contributed by atoms with Crippen LogP contribution >= 0.6 is 0 Å². The van der Waals surface area contributed by atoms with Crippen molar-refractivity contribution in [3.63, 3.8) is 0 Å². The van der Waals surface area contributed by atoms with E-state index in [1.807, 2.05) is 55.6 Å². The second-order valence-electron chi connectivity index (χ2n) is 6.10. The Morgan fingerprint density at radius 3 is 2.66 bits per heavy atom. The first kappa shape index (κ1) is 18.3. The fourth-order valence-corrected chi connectivity index (χ4v) is 2.93. The summed E-state index contributed by atoms with van der Waals surface area (Å²) < 4.78 is 5.81. The van der Waals surface area contributed by atoms with Gasteiger partial charge >= 0.3 is 0 Å². The molecule has 0 unspecified atom stereocenters. The van der Waals surface area contributed by atoms with Gasteiger partial charge in [0.25, 0.3) is 6.01 Å². The number of nitrogens with one attached hydrogen (secondary N) is 2. The molecule has 4 N–H and O–H groups in total. The number of imidazole rings is 1. The SMILES string of the molecule is CN(c1ccc(Oc2nc3ccccc3[nH]2)cc1)c1nccc(ON)c1NC=O. The number of anilines is 3. The van der Waals surface area contributed by atoms with Crippen LogP contribution in [0.15, 0.2) is 60.8 Å². The number of aromatic amines is 1. The molecule has 0 aliphatic rings. The molecule has 0 spiro atoms. The van der Waals surface area contributed by atoms with Gasteiger partial charge in [-0.3, -0.25) is 4.79 Å². The summed E-state index contributed by atoms with van der Waals surface area (Å²) in [5, 5.41) is 2.58. The van der Waals surface area contributed by atoms with Crippen molar-refractivity contribution < 1.29 is 14.4 Å². The molecule has 0 atom stereocenters. The van der Waals surface area contributed by atoms with Crippen molar-refractivity contribution in [3.05, 3.63) is 60.8 Å². The van der Waals surface area contributed by atoms with Gasteiger partial charge in [0.2, 0.25) is 6.41 Å². The average molecular weight is 390 g/mol. The Kier molecular flexibility index (Phi) is 4.95. The minimum Gasteiger partial charge on any atom is -0.426 e. The van der Waals surface area contributed by atoms with Gasteiger partial charge in [-0.2, -0.15) is 10.9 Å². The van der Waals surface area contributed by atoms with Gasteiger partial charge in [-0.25, -0.2) is 4.98 Å². The molecule has 0 saturated carbocycles. The maximum absolute atomic E-state index is 11.0. The van der Waals surface area contributed by atoms with Gasteiger partial charge in [0.05, 0.1) is 11.0 Å². The van der Waals surface area contributed by atoms with E-state index in [2.05, 4.69) is 20.3 Å². The molecule has 4 aromatic rings. The van der Waals surface area contributed by atoms with Crippen LogP contribution < -0.4 is 25.7 Å². The lowest BCUT2D eigenvalue weighted by Crippen LogP contribution is -2.15. The molecular formula is C20H18N6O3. The molecule has 0 aliphatic carbocycles. The smallest absolute Gasteiger partial charge is 0.300 e. The first-order valence-electron chi connectivity index (χ1n) is 8.72. The summed E-state index contributed by atoms with van der Waals surface area (Å²) >= 11 is 0. The molecular weight excluding hydrogens is 372 g/mol. The van der Waals surface area contributed by atoms with Crippen LogP contribution in [0.2, 0.25) is 0 Å². The average Bonchev–Trinajstić information content (AvgIpc) is 3.16. The number of hydrogen-bond donors (Lipinski definition) is 3. The Morgan fingerprint density at radius 2 is 1.93 bits per heavy atom. The molecule has 4 rings (SSSR count). The highest BCUT2D eigenvalue weighted by Crippen LogP contribution is 2.35. The Balaban J connectivity index is 1.56. The van der Waals surface area contributed by atoms with Crippen molar-refractivity contribution in [1.29, 1.82) is 0 Å². The summed E-state index contributed by atoms with van der Waals surface area (Å²) in [6.07, 6.45) is 2.09. The summed E-state index contributed by atoms with van der Waals surface area (Å²) in [5.41, 5.74) is 2.93. The summed E-state index contributed by atoms with van der Waals surface area (Å²) in [6, 6.07) is 17.0. The third kappa shape index (κ3) is 3.66. The van der Waals surface area contributed by atoms with E-state index >= 15 is 0 Å². The van der Waals surface area contributed by atoms with Crippen molar-refractivity contribution in [2.75, 3.05) is 17.3 Å². The third-order valence-electron chi connectivity index (χ3n) is 4.35. The van der Waals surface area contributed by atoms with Gasteiger partial charge in [-0.15, -0.1) is 0 Å². The molecule has 0 aliphatic heterocycles. The van der Waals surface area contributed by atoms with E-state index in [1.165, 1.54) is 0 Å². The highest BCUT2D eigenvalue weighted by atomic mass is 16.6. The molecule has 2 aromatic carbocycles. The topological polar surface area (TPSA) is 118 Å². The molecule has 9 nitrogen and oxygen atoms in total. The van der Waals surface area contributed by atoms with Gasteiger partial charge < -0.3 is 24.8 Å². The molecule has 1 amide bonds. The number of carbonyl (C=O) groups excluding carboxylic acids is 1. The molecule has 0 bridgehead atoms. The minimum absolute atomic E-state index is 0.304. The van der Waals surface area contributed by atoms with Gasteiger partial charge in [0.15, 0.2) is 11.6 Å². The van der Waals surface area contributed by atoms with Crippen LogP contribution in [0, 0.1) is 0 Å². The normalized spacial score (nSPS) is 10.6. The molecule has 0 saturated heterocycles. The Labute approximate surface area is 166 Å². The maximum atomic E-state index is 11.0. The van der Waals surface area contributed by atoms with E-state index in [4.69, 9.17) is 15.5 Å². The van der Waals surface area contributed by atoms with Crippen molar-refractivity contribution in [2.45, 2.75) is 0 Å². The van der Waals surface area contributed by atoms with Gasteiger partial charge in [-0.05, 0) is 36.4 Å². The predicted molar refractivity (Wildman–Crippen MR) is 109 cm³/mol. The quantitative estimate of drug-likeness (QED) is 0.327. The number of pyridine rings is 1. The summed E-state index contributed by atoms with van der Waals surface area (Å²) in [7, 11) is 1.81. The summed E-state index contributed by atoms with van der Waals surface area (Å²) in [6.45, 7) is 0. The number of hydrogen-bond acceptors (Lipinski definition) is 7. The predicted octanol–water partition coefficient (Wildman–Crippen LogP) is 3.34. The Hall–Kier alpha value is -4.11. The number of rotatable bonds is 7. The lowest BCUT2D eigenvalue weighted by atomic mass is 10.2. The van der Waals surface area contributed by atoms with Gasteiger partial charge in [0.1, 0.15) is 11.4 Å². The second kappa shape index (κ2) is 7.87. The van der Waals surface area contributed by atoms with E-state index in [-0.39, 0.29) is 0 Å². The number of carbonyl (C=O) groups is 1. The lowest BCUT2D eigenvalue weighted by molar-refractivity contribution is -0.105. The number of nitrogens with two attached hydrogens (primary N) is 1. The number of nitrogens with zero attached hydrogens (tertiary/aromatic N) is 3. The number of para-hydroxylation sites is 2. The molecule has 0 fully saturated rings. The van der Waals surface area contributed by atoms with E-state index in [9.17, 15) is 4.79 Å². The zero-order chi connectivity index (χ0) is 20.2. The van der Waals surface area contributed by atoms with Gasteiger partial charge in [0, 0.05) is 25.0 Å². The van der Waals surface area contributed by atoms with Crippen LogP contribution in [-0.2, 0) is 4.79 Å². The van der Waals surface area contributed by atoms with E-state index in [1.54, 1.807) is 17.2 Å². The van der Waals surface area contributed by atoms with E-state index < -0.39 is 0 Å². The maximum Gasteiger partial charge on any atom is 0.300 e. The van der Waals surface area contributed by atoms with Crippen LogP contribution in [0.4, 0.5) is 17.2 Å². The zero-order valence-corrected chi connectivity index (χ0v) is 15.5. The standard InChI is InChI=1S/C20H18N6O3/c1-26(19-18(23-12-27)17(29-21)10-11-22-19)13-6-8-14(9-7-13)28-20-24-15-4-2-3-5-16(15)25-20/h2-12H,21H2,1H3,(H,23,27)(H,24,25). The van der Waals surface area contributed by atoms with Crippen LogP contribution in [0.5, 0.6) is 17.5 Å². The van der Waals surface area contributed by atoms with Crippen LogP contribution in [-0.4, -0.2) is 28.4 Å². The third-order valence-corrected chi connectivity index (χ3v) is 4.35. The van der Waals surface area contributed by atoms with Crippen LogP contribution in [0.25, 0.3) is 11.0 Å². The minimum atomic E-state index is 0.304. The van der Waals surface area contributed by atoms with Crippen LogP contribution in [0.3, 0.4) is 0 Å². The number of amides is 1. The van der Waals surface area contributed by atoms with Gasteiger partial charge in [-0.1, -0.05) is 12.1 Å². The molecule has 29 heavy (non-hydrogen) atoms. The summed E-state index contributed by atoms with van der Waals surface area (Å²) in [4.78, 5) is 29.4. The molecule has 0 radical (unpaired) electrons. The highest BCUT2D eigenvalue weighted by molar-refractivity contribution is 5.85. The molecule has 9 heteroatoms. The second-order valence-corrected chi connectivity index (χ2v) is 6.10. The lowest BCUT2D eigenvalue weighted by Gasteiger charge is -2.22. The monoisotopic (exact) mass is 390 g/mol. The number of ether oxygens (including phenoxy) is 1. The largest absolute Gasteiger partial charge is 0.426 e. The first-order chi connectivity index (χ1) is 14.2. The van der Waals surface area contributed by atoms with Crippen molar-refractivity contribution >= 4 is 34.6 Å². The first-order valence-corrected chi connectivity index (χ1v) is 8.72. The fraction of sp³-hybridized carbons (Fsp3) is 0.0500. The molecule has 2 heterocycles. The fourth-order valence-electron chi connectivity index (χ4n) is 2.93. The Morgan fingerprint density at radius 1 is 1.14 bits per heavy atom. The number of benzene rings is 2. The number of aromatic nitrogens is 3. The van der Waals surface area contributed by atoms with E-state index in [0.717, 1.165) is 16.7 Å². The van der Waals surface area contributed by atoms with Crippen LogP contribution in [0.1, 0.15) is 0 Å². The van der Waals surface area contributed by atoms with E-state index in [0.29, 0.717) is 35.4 Å². The highest BCUT2D eigenvalue weighted by Gasteiger charge is 2.16. The van der Waals surface area contributed by atoms with Crippen molar-refractivity contribution in [3.8, 4) is 17.5 Å². The Bertz CT molecular complexity index is 1110. The summed E-state index contributed by atoms with van der Waals surface area (Å²) in [5.74, 6) is 6.69.